The number of quaternary nitrogens is 1. The van der Waals surface area contributed by atoms with Crippen LogP contribution in [0.15, 0.2) is 48.6 Å². The fourth-order valence-electron chi connectivity index (χ4n) is 5.03. The Labute approximate surface area is 289 Å². The summed E-state index contributed by atoms with van der Waals surface area (Å²) >= 11 is 12.2. The highest BCUT2D eigenvalue weighted by Crippen LogP contribution is 2.35. The number of aromatic carboxylic acids is 1. The Balaban J connectivity index is 0.000000485. The summed E-state index contributed by atoms with van der Waals surface area (Å²) < 4.78 is 6.13. The molecule has 0 aliphatic heterocycles. The van der Waals surface area contributed by atoms with Crippen LogP contribution in [0.25, 0.3) is 0 Å². The number of nitrogens with zero attached hydrogens (tertiary/aromatic N) is 1. The van der Waals surface area contributed by atoms with Crippen molar-refractivity contribution in [1.82, 2.24) is 0 Å². The normalized spacial score (nSPS) is 11.0. The largest absolute Gasteiger partial charge is 0.545 e. The van der Waals surface area contributed by atoms with Crippen molar-refractivity contribution >= 4 is 46.5 Å². The summed E-state index contributed by atoms with van der Waals surface area (Å²) in [6.07, 6.45) is 19.6. The molecule has 2 rings (SSSR count). The number of hydrogen-bond acceptors (Lipinski definition) is 5. The lowest BCUT2D eigenvalue weighted by atomic mass is 10.0. The summed E-state index contributed by atoms with van der Waals surface area (Å²) in [4.78, 5) is 22.4. The van der Waals surface area contributed by atoms with Crippen LogP contribution in [0.1, 0.15) is 120 Å². The second kappa shape index (κ2) is 23.7. The number of halogens is 2. The van der Waals surface area contributed by atoms with Crippen LogP contribution < -0.4 is 10.4 Å². The predicted molar refractivity (Wildman–Crippen MR) is 193 cm³/mol. The molecule has 2 aromatic carbocycles. The first-order chi connectivity index (χ1) is 21.9. The number of carboxylic acids is 1. The van der Waals surface area contributed by atoms with E-state index in [0.29, 0.717) is 33.6 Å². The van der Waals surface area contributed by atoms with Gasteiger partial charge in [0, 0.05) is 16.8 Å². The molecule has 0 aromatic heterocycles. The molecule has 0 spiro atoms. The topological polar surface area (TPSA) is 78.5 Å². The zero-order valence-electron chi connectivity index (χ0n) is 29.0. The monoisotopic (exact) mass is 676 g/mol. The number of benzene rings is 2. The molecule has 2 aromatic rings. The van der Waals surface area contributed by atoms with E-state index in [1.165, 1.54) is 96.0 Å². The van der Waals surface area contributed by atoms with Crippen LogP contribution in [-0.2, 0) is 9.53 Å². The van der Waals surface area contributed by atoms with Gasteiger partial charge >= 0.3 is 5.97 Å². The van der Waals surface area contributed by atoms with Crippen LogP contribution in [0.2, 0.25) is 10.0 Å². The van der Waals surface area contributed by atoms with E-state index in [0.717, 1.165) is 23.1 Å². The standard InChI is InChI=1S/C24H48NO2.C14H11Cl2NO2/c1-6-7-8-9-10-11-12-13-14-15-16-17-18-19-20-25(4,5)21-22-27-24(26)23(2)3;1-8-6-7-10(15)13(12(8)16)17-11-5-3-2-4-9(11)14(18)19/h2,6-22H2,1,3-5H3;2-7,17H,1H3,(H,18,19)/q+1;/p-1. The third kappa shape index (κ3) is 18.0. The first kappa shape index (κ1) is 41.5. The Morgan fingerprint density at radius 2 is 1.35 bits per heavy atom. The van der Waals surface area contributed by atoms with Crippen molar-refractivity contribution in [2.45, 2.75) is 111 Å². The van der Waals surface area contributed by atoms with E-state index >= 15 is 0 Å². The first-order valence-corrected chi connectivity index (χ1v) is 17.8. The van der Waals surface area contributed by atoms with Crippen molar-refractivity contribution in [3.63, 3.8) is 0 Å². The zero-order valence-corrected chi connectivity index (χ0v) is 30.5. The van der Waals surface area contributed by atoms with E-state index in [2.05, 4.69) is 32.9 Å². The van der Waals surface area contributed by atoms with Crippen LogP contribution in [0, 0.1) is 6.92 Å². The lowest BCUT2D eigenvalue weighted by molar-refractivity contribution is -0.890. The number of nitrogens with one attached hydrogen (secondary N) is 1. The van der Waals surface area contributed by atoms with Crippen molar-refractivity contribution in [3.8, 4) is 0 Å². The second-order valence-electron chi connectivity index (χ2n) is 12.9. The number of carboxylic acid groups (broad SMARTS) is 1. The summed E-state index contributed by atoms with van der Waals surface area (Å²) in [6, 6.07) is 9.91. The molecule has 0 saturated carbocycles. The zero-order chi connectivity index (χ0) is 34.4. The minimum absolute atomic E-state index is 0.0520. The molecule has 0 saturated heterocycles. The molecule has 0 fully saturated rings. The summed E-state index contributed by atoms with van der Waals surface area (Å²) in [6.45, 7) is 11.9. The van der Waals surface area contributed by atoms with Gasteiger partial charge < -0.3 is 24.4 Å². The van der Waals surface area contributed by atoms with Gasteiger partial charge in [0.2, 0.25) is 0 Å². The van der Waals surface area contributed by atoms with Gasteiger partial charge in [0.25, 0.3) is 0 Å². The lowest BCUT2D eigenvalue weighted by Gasteiger charge is -2.29. The van der Waals surface area contributed by atoms with Gasteiger partial charge in [-0.05, 0) is 44.4 Å². The molecule has 258 valence electrons. The molecule has 0 aliphatic carbocycles. The van der Waals surface area contributed by atoms with Gasteiger partial charge in [0.05, 0.1) is 42.3 Å². The number of esters is 1. The Morgan fingerprint density at radius 3 is 1.87 bits per heavy atom. The van der Waals surface area contributed by atoms with Gasteiger partial charge in [-0.25, -0.2) is 4.79 Å². The number of unbranched alkanes of at least 4 members (excludes halogenated alkanes) is 13. The molecule has 46 heavy (non-hydrogen) atoms. The van der Waals surface area contributed by atoms with Crippen molar-refractivity contribution in [3.05, 3.63) is 69.7 Å². The van der Waals surface area contributed by atoms with Crippen molar-refractivity contribution in [2.24, 2.45) is 0 Å². The van der Waals surface area contributed by atoms with Gasteiger partial charge in [-0.15, -0.1) is 0 Å². The second-order valence-corrected chi connectivity index (χ2v) is 13.7. The van der Waals surface area contributed by atoms with E-state index < -0.39 is 5.97 Å². The first-order valence-electron chi connectivity index (χ1n) is 17.1. The number of rotatable bonds is 22. The van der Waals surface area contributed by atoms with Crippen molar-refractivity contribution < 1.29 is 23.9 Å². The maximum atomic E-state index is 11.4. The fourth-order valence-corrected chi connectivity index (χ4v) is 5.50. The molecule has 0 aliphatic rings. The molecule has 0 unspecified atom stereocenters. The number of carbonyl (C=O) groups is 2. The van der Waals surface area contributed by atoms with Crippen LogP contribution in [0.4, 0.5) is 11.4 Å². The number of aryl methyl sites for hydroxylation is 1. The number of anilines is 2. The van der Waals surface area contributed by atoms with Crippen molar-refractivity contribution in [1.29, 1.82) is 0 Å². The number of ether oxygens (including phenoxy) is 1. The summed E-state index contributed by atoms with van der Waals surface area (Å²) in [7, 11) is 4.44. The highest BCUT2D eigenvalue weighted by atomic mass is 35.5. The molecule has 0 heterocycles. The van der Waals surface area contributed by atoms with Crippen LogP contribution in [0.5, 0.6) is 0 Å². The van der Waals surface area contributed by atoms with Gasteiger partial charge in [-0.3, -0.25) is 0 Å². The Hall–Kier alpha value is -2.54. The minimum atomic E-state index is -1.26. The van der Waals surface area contributed by atoms with Crippen LogP contribution in [-0.4, -0.2) is 50.2 Å². The van der Waals surface area contributed by atoms with E-state index in [9.17, 15) is 14.7 Å². The van der Waals surface area contributed by atoms with Crippen molar-refractivity contribution in [2.75, 3.05) is 39.1 Å². The highest BCUT2D eigenvalue weighted by molar-refractivity contribution is 6.39. The predicted octanol–water partition coefficient (Wildman–Crippen LogP) is 10.1. The van der Waals surface area contributed by atoms with Crippen LogP contribution >= 0.6 is 23.2 Å². The van der Waals surface area contributed by atoms with Gasteiger partial charge in [0.15, 0.2) is 0 Å². The SMILES string of the molecule is C=C(C)C(=O)OCC[N+](C)(C)CCCCCCCCCCCCCCCC.Cc1ccc(Cl)c(Nc2ccccc2C(=O)[O-])c1Cl. The van der Waals surface area contributed by atoms with E-state index in [4.69, 9.17) is 27.9 Å². The summed E-state index contributed by atoms with van der Waals surface area (Å²) in [5.41, 5.74) is 2.25. The number of para-hydroxylation sites is 1. The number of carbonyl (C=O) groups excluding carboxylic acids is 2. The number of likely N-dealkylation sites (N-methyl/N-ethyl adjacent to an activating group) is 1. The maximum Gasteiger partial charge on any atom is 0.333 e. The Bertz CT molecular complexity index is 1200. The molecule has 0 atom stereocenters. The molecule has 0 radical (unpaired) electrons. The number of hydrogen-bond donors (Lipinski definition) is 1. The van der Waals surface area contributed by atoms with Gasteiger partial charge in [0.1, 0.15) is 13.2 Å². The average molecular weight is 678 g/mol. The van der Waals surface area contributed by atoms with E-state index in [-0.39, 0.29) is 11.5 Å². The Morgan fingerprint density at radius 1 is 0.826 bits per heavy atom. The van der Waals surface area contributed by atoms with Gasteiger partial charge in [-0.1, -0.05) is 138 Å². The molecule has 8 heteroatoms. The van der Waals surface area contributed by atoms with E-state index in [1.54, 1.807) is 37.3 Å². The molecule has 1 N–H and O–H groups in total. The van der Waals surface area contributed by atoms with Gasteiger partial charge in [-0.2, -0.15) is 0 Å². The third-order valence-corrected chi connectivity index (χ3v) is 8.89. The van der Waals surface area contributed by atoms with E-state index in [1.807, 2.05) is 6.92 Å². The quantitative estimate of drug-likeness (QED) is 0.0581. The smallest absolute Gasteiger partial charge is 0.333 e. The molecular weight excluding hydrogens is 619 g/mol. The van der Waals surface area contributed by atoms with Crippen LogP contribution in [0.3, 0.4) is 0 Å². The lowest BCUT2D eigenvalue weighted by Crippen LogP contribution is -2.43. The summed E-state index contributed by atoms with van der Waals surface area (Å²) in [5, 5.41) is 14.9. The highest BCUT2D eigenvalue weighted by Gasteiger charge is 2.16. The maximum absolute atomic E-state index is 11.4. The fraction of sp³-hybridized carbons (Fsp3) is 0.579. The molecule has 6 nitrogen and oxygen atoms in total. The molecule has 0 amide bonds. The Kier molecular flexibility index (Phi) is 21.4. The summed E-state index contributed by atoms with van der Waals surface area (Å²) in [5.74, 6) is -1.53. The molecular formula is C38H58Cl2N2O4. The average Bonchev–Trinajstić information content (AvgIpc) is 3.01. The minimum Gasteiger partial charge on any atom is -0.545 e. The third-order valence-electron chi connectivity index (χ3n) is 8.09. The molecule has 0 bridgehead atoms.